The topological polar surface area (TPSA) is 68.2 Å². The summed E-state index contributed by atoms with van der Waals surface area (Å²) in [5, 5.41) is 11.6. The molecule has 4 aromatic carbocycles. The second-order valence-electron chi connectivity index (χ2n) is 8.90. The lowest BCUT2D eigenvalue weighted by Crippen LogP contribution is -2.34. The standard InChI is InChI=1S/C30H27NO5/c1-31(2)22-10-5-19-17-27(29(32)33)25-15-16-30(36-28(25)26(19)18-22,20-6-11-23(34-3)12-7-20)21-8-13-24(35-4)14-9-21/h5-18H,1-4H3,(H,32,33). The summed E-state index contributed by atoms with van der Waals surface area (Å²) >= 11 is 0. The van der Waals surface area contributed by atoms with Crippen molar-refractivity contribution in [2.45, 2.75) is 5.60 Å². The number of methoxy groups -OCH3 is 2. The third-order valence-electron chi connectivity index (χ3n) is 6.65. The smallest absolute Gasteiger partial charge is 0.336 e. The van der Waals surface area contributed by atoms with Crippen LogP contribution in [0.5, 0.6) is 17.2 Å². The molecule has 0 spiro atoms. The number of carboxylic acid groups (broad SMARTS) is 1. The van der Waals surface area contributed by atoms with Crippen molar-refractivity contribution in [1.82, 2.24) is 0 Å². The molecular weight excluding hydrogens is 454 g/mol. The first kappa shape index (κ1) is 23.3. The number of ether oxygens (including phenoxy) is 3. The van der Waals surface area contributed by atoms with Crippen LogP contribution in [-0.2, 0) is 5.60 Å². The summed E-state index contributed by atoms with van der Waals surface area (Å²) in [4.78, 5) is 14.2. The van der Waals surface area contributed by atoms with E-state index in [1.165, 1.54) is 0 Å². The van der Waals surface area contributed by atoms with Crippen molar-refractivity contribution in [3.05, 3.63) is 101 Å². The Morgan fingerprint density at radius 1 is 0.861 bits per heavy atom. The zero-order chi connectivity index (χ0) is 25.4. The number of carboxylic acids is 1. The van der Waals surface area contributed by atoms with Crippen LogP contribution < -0.4 is 19.1 Å². The SMILES string of the molecule is COc1ccc(C2(c3ccc(OC)cc3)C=Cc3c(C(=O)O)cc4ccc(N(C)C)cc4c3O2)cc1. The molecule has 4 aromatic rings. The molecule has 0 amide bonds. The molecule has 0 saturated heterocycles. The Labute approximate surface area is 210 Å². The van der Waals surface area contributed by atoms with E-state index in [2.05, 4.69) is 0 Å². The van der Waals surface area contributed by atoms with Crippen LogP contribution >= 0.6 is 0 Å². The maximum absolute atomic E-state index is 12.2. The van der Waals surface area contributed by atoms with E-state index in [0.29, 0.717) is 11.3 Å². The van der Waals surface area contributed by atoms with Gasteiger partial charge in [-0.15, -0.1) is 0 Å². The van der Waals surface area contributed by atoms with Crippen LogP contribution in [0, 0.1) is 0 Å². The number of aromatic carboxylic acids is 1. The largest absolute Gasteiger partial charge is 0.497 e. The fourth-order valence-corrected chi connectivity index (χ4v) is 4.65. The molecule has 6 heteroatoms. The molecule has 0 aliphatic carbocycles. The van der Waals surface area contributed by atoms with Crippen LogP contribution in [0.3, 0.4) is 0 Å². The highest BCUT2D eigenvalue weighted by atomic mass is 16.5. The molecule has 1 aliphatic heterocycles. The van der Waals surface area contributed by atoms with E-state index < -0.39 is 11.6 Å². The minimum absolute atomic E-state index is 0.199. The van der Waals surface area contributed by atoms with Crippen LogP contribution in [0.15, 0.2) is 78.9 Å². The first-order valence-electron chi connectivity index (χ1n) is 11.5. The van der Waals surface area contributed by atoms with E-state index in [4.69, 9.17) is 14.2 Å². The molecule has 0 saturated carbocycles. The Hall–Kier alpha value is -4.45. The van der Waals surface area contributed by atoms with Gasteiger partial charge in [0, 0.05) is 41.9 Å². The second-order valence-corrected chi connectivity index (χ2v) is 8.90. The molecule has 0 unspecified atom stereocenters. The molecule has 0 bridgehead atoms. The third-order valence-corrected chi connectivity index (χ3v) is 6.65. The van der Waals surface area contributed by atoms with Crippen molar-refractivity contribution in [2.24, 2.45) is 0 Å². The van der Waals surface area contributed by atoms with E-state index in [0.717, 1.165) is 39.1 Å². The first-order chi connectivity index (χ1) is 17.4. The van der Waals surface area contributed by atoms with Gasteiger partial charge in [0.05, 0.1) is 19.8 Å². The van der Waals surface area contributed by atoms with Gasteiger partial charge in [0.1, 0.15) is 17.2 Å². The predicted molar refractivity (Wildman–Crippen MR) is 142 cm³/mol. The van der Waals surface area contributed by atoms with Gasteiger partial charge in [-0.2, -0.15) is 0 Å². The molecule has 182 valence electrons. The minimum atomic E-state index is -1.00. The van der Waals surface area contributed by atoms with Crippen LogP contribution in [0.2, 0.25) is 0 Å². The molecule has 0 atom stereocenters. The summed E-state index contributed by atoms with van der Waals surface area (Å²) in [7, 11) is 7.20. The van der Waals surface area contributed by atoms with Crippen LogP contribution in [-0.4, -0.2) is 39.4 Å². The number of nitrogens with zero attached hydrogens (tertiary/aromatic N) is 1. The van der Waals surface area contributed by atoms with Crippen molar-refractivity contribution in [3.8, 4) is 17.2 Å². The second kappa shape index (κ2) is 8.96. The maximum atomic E-state index is 12.2. The van der Waals surface area contributed by atoms with Crippen molar-refractivity contribution in [2.75, 3.05) is 33.2 Å². The number of hydrogen-bond acceptors (Lipinski definition) is 5. The van der Waals surface area contributed by atoms with Crippen molar-refractivity contribution < 1.29 is 24.1 Å². The molecule has 1 aliphatic rings. The number of fused-ring (bicyclic) bond motifs is 3. The fraction of sp³-hybridized carbons (Fsp3) is 0.167. The number of benzene rings is 4. The summed E-state index contributed by atoms with van der Waals surface area (Å²) in [6.45, 7) is 0. The molecular formula is C30H27NO5. The van der Waals surface area contributed by atoms with Gasteiger partial charge >= 0.3 is 5.97 Å². The molecule has 0 aromatic heterocycles. The molecule has 1 N–H and O–H groups in total. The summed E-state index contributed by atoms with van der Waals surface area (Å²) in [6.07, 6.45) is 3.78. The lowest BCUT2D eigenvalue weighted by molar-refractivity contribution is 0.0695. The average Bonchev–Trinajstić information content (AvgIpc) is 2.92. The Balaban J connectivity index is 1.79. The van der Waals surface area contributed by atoms with Crippen LogP contribution in [0.4, 0.5) is 5.69 Å². The van der Waals surface area contributed by atoms with Gasteiger partial charge in [-0.25, -0.2) is 4.79 Å². The monoisotopic (exact) mass is 481 g/mol. The molecule has 0 radical (unpaired) electrons. The lowest BCUT2D eigenvalue weighted by atomic mass is 9.82. The van der Waals surface area contributed by atoms with Gasteiger partial charge in [-0.3, -0.25) is 0 Å². The maximum Gasteiger partial charge on any atom is 0.336 e. The molecule has 6 nitrogen and oxygen atoms in total. The normalized spacial score (nSPS) is 13.6. The van der Waals surface area contributed by atoms with Crippen molar-refractivity contribution in [1.29, 1.82) is 0 Å². The number of hydrogen-bond donors (Lipinski definition) is 1. The van der Waals surface area contributed by atoms with Gasteiger partial charge in [0.25, 0.3) is 0 Å². The molecule has 36 heavy (non-hydrogen) atoms. The Kier molecular flexibility index (Phi) is 5.80. The van der Waals surface area contributed by atoms with Crippen molar-refractivity contribution >= 4 is 28.5 Å². The highest BCUT2D eigenvalue weighted by molar-refractivity contribution is 6.04. The Morgan fingerprint density at radius 2 is 1.44 bits per heavy atom. The van der Waals surface area contributed by atoms with Gasteiger partial charge in [-0.05, 0) is 60.0 Å². The van der Waals surface area contributed by atoms with Crippen LogP contribution in [0.25, 0.3) is 16.8 Å². The highest BCUT2D eigenvalue weighted by Crippen LogP contribution is 2.47. The predicted octanol–water partition coefficient (Wildman–Crippen LogP) is 5.97. The molecule has 1 heterocycles. The van der Waals surface area contributed by atoms with Gasteiger partial charge < -0.3 is 24.2 Å². The van der Waals surface area contributed by atoms with Crippen molar-refractivity contribution in [3.63, 3.8) is 0 Å². The fourth-order valence-electron chi connectivity index (χ4n) is 4.65. The first-order valence-corrected chi connectivity index (χ1v) is 11.5. The van der Waals surface area contributed by atoms with Crippen LogP contribution in [0.1, 0.15) is 27.0 Å². The summed E-state index contributed by atoms with van der Waals surface area (Å²) in [5.41, 5.74) is 2.50. The van der Waals surface area contributed by atoms with Gasteiger partial charge in [0.15, 0.2) is 5.60 Å². The van der Waals surface area contributed by atoms with E-state index >= 15 is 0 Å². The van der Waals surface area contributed by atoms with Gasteiger partial charge in [0.2, 0.25) is 0 Å². The third kappa shape index (κ3) is 3.81. The van der Waals surface area contributed by atoms with E-state index in [9.17, 15) is 9.90 Å². The number of anilines is 1. The zero-order valence-corrected chi connectivity index (χ0v) is 20.6. The van der Waals surface area contributed by atoms with E-state index in [1.807, 2.05) is 97.9 Å². The highest BCUT2D eigenvalue weighted by Gasteiger charge is 2.39. The Morgan fingerprint density at radius 3 is 1.94 bits per heavy atom. The molecule has 0 fully saturated rings. The summed E-state index contributed by atoms with van der Waals surface area (Å²) in [5.74, 6) is 0.998. The zero-order valence-electron chi connectivity index (χ0n) is 20.6. The Bertz CT molecular complexity index is 1420. The minimum Gasteiger partial charge on any atom is -0.497 e. The summed E-state index contributed by atoms with van der Waals surface area (Å²) < 4.78 is 17.7. The lowest BCUT2D eigenvalue weighted by Gasteiger charge is -2.37. The van der Waals surface area contributed by atoms with Gasteiger partial charge in [-0.1, -0.05) is 30.3 Å². The summed E-state index contributed by atoms with van der Waals surface area (Å²) in [6, 6.07) is 23.1. The molecule has 5 rings (SSSR count). The number of rotatable bonds is 6. The van der Waals surface area contributed by atoms with E-state index in [1.54, 1.807) is 20.3 Å². The quantitative estimate of drug-likeness (QED) is 0.366. The van der Waals surface area contributed by atoms with E-state index in [-0.39, 0.29) is 5.56 Å². The average molecular weight is 482 g/mol. The number of carbonyl (C=O) groups is 1.